The number of alkyl halides is 3. The predicted molar refractivity (Wildman–Crippen MR) is 161 cm³/mol. The van der Waals surface area contributed by atoms with E-state index in [0.29, 0.717) is 5.56 Å². The van der Waals surface area contributed by atoms with Crippen molar-refractivity contribution >= 4 is 34.4 Å². The normalized spacial score (nSPS) is 11.6. The van der Waals surface area contributed by atoms with Gasteiger partial charge in [-0.15, -0.1) is 0 Å². The van der Waals surface area contributed by atoms with Crippen LogP contribution >= 0.6 is 0 Å². The van der Waals surface area contributed by atoms with Crippen LogP contribution in [-0.2, 0) is 11.0 Å². The molecule has 12 heteroatoms. The summed E-state index contributed by atoms with van der Waals surface area (Å²) in [6.07, 6.45) is -3.32. The van der Waals surface area contributed by atoms with Crippen LogP contribution in [-0.4, -0.2) is 42.5 Å². The highest BCUT2D eigenvalue weighted by molar-refractivity contribution is 5.92. The highest BCUT2D eigenvalue weighted by atomic mass is 19.4. The summed E-state index contributed by atoms with van der Waals surface area (Å²) in [5.74, 6) is -1.11. The summed E-state index contributed by atoms with van der Waals surface area (Å²) in [5.41, 5.74) is -0.117. The molecule has 8 nitrogen and oxygen atoms in total. The van der Waals surface area contributed by atoms with Crippen LogP contribution in [0.5, 0.6) is 5.75 Å². The quantitative estimate of drug-likeness (QED) is 0.169. The largest absolute Gasteiger partial charge is 0.483 e. The molecule has 0 saturated carbocycles. The Hall–Kier alpha value is -5.52. The molecule has 0 aliphatic rings. The van der Waals surface area contributed by atoms with Gasteiger partial charge < -0.3 is 15.0 Å². The Morgan fingerprint density at radius 2 is 1.75 bits per heavy atom. The molecule has 0 bridgehead atoms. The van der Waals surface area contributed by atoms with Crippen LogP contribution in [0.3, 0.4) is 0 Å². The molecule has 0 spiro atoms. The van der Waals surface area contributed by atoms with E-state index in [4.69, 9.17) is 4.74 Å². The Morgan fingerprint density at radius 3 is 2.50 bits per heavy atom. The molecule has 0 aliphatic carbocycles. The van der Waals surface area contributed by atoms with E-state index in [1.54, 1.807) is 67.5 Å². The molecule has 1 N–H and O–H groups in total. The number of carbonyl (C=O) groups is 1. The number of nitrogens with zero attached hydrogens (tertiary/aromatic N) is 4. The number of amides is 1. The van der Waals surface area contributed by atoms with Crippen LogP contribution < -0.4 is 20.5 Å². The molecule has 0 aliphatic heterocycles. The zero-order chi connectivity index (χ0) is 31.4. The van der Waals surface area contributed by atoms with Crippen molar-refractivity contribution in [1.82, 2.24) is 9.66 Å². The minimum Gasteiger partial charge on any atom is -0.483 e. The molecular weight excluding hydrogens is 578 g/mol. The fourth-order valence-corrected chi connectivity index (χ4v) is 4.30. The second-order valence-electron chi connectivity index (χ2n) is 9.83. The molecule has 5 rings (SSSR count). The lowest BCUT2D eigenvalue weighted by atomic mass is 10.1. The van der Waals surface area contributed by atoms with Crippen LogP contribution in [0.15, 0.2) is 101 Å². The molecule has 0 saturated heterocycles. The molecule has 1 heterocycles. The Labute approximate surface area is 248 Å². The number of benzene rings is 4. The Balaban J connectivity index is 1.54. The van der Waals surface area contributed by atoms with Crippen LogP contribution in [0, 0.1) is 5.82 Å². The number of para-hydroxylation sites is 2. The number of nitrogens with one attached hydrogen (secondary N) is 1. The van der Waals surface area contributed by atoms with Crippen LogP contribution in [0.1, 0.15) is 11.1 Å². The minimum absolute atomic E-state index is 0.00442. The fraction of sp³-hybridized carbons (Fsp3) is 0.125. The molecule has 224 valence electrons. The molecule has 1 aromatic heterocycles. The van der Waals surface area contributed by atoms with Gasteiger partial charge in [-0.05, 0) is 48.5 Å². The topological polar surface area (TPSA) is 88.8 Å². The maximum absolute atomic E-state index is 14.0. The molecule has 4 aromatic carbocycles. The van der Waals surface area contributed by atoms with E-state index in [2.05, 4.69) is 15.4 Å². The average Bonchev–Trinajstić information content (AvgIpc) is 3.00. The number of halogens is 4. The van der Waals surface area contributed by atoms with Crippen LogP contribution in [0.2, 0.25) is 0 Å². The molecule has 0 radical (unpaired) electrons. The second kappa shape index (κ2) is 12.4. The minimum atomic E-state index is -4.61. The maximum Gasteiger partial charge on any atom is 0.416 e. The van der Waals surface area contributed by atoms with Crippen LogP contribution in [0.4, 0.5) is 28.9 Å². The van der Waals surface area contributed by atoms with Crippen molar-refractivity contribution < 1.29 is 27.1 Å². The number of fused-ring (bicyclic) bond motifs is 1. The van der Waals surface area contributed by atoms with Gasteiger partial charge in [-0.25, -0.2) is 9.37 Å². The first-order chi connectivity index (χ1) is 21.0. The number of hydrogen-bond donors (Lipinski definition) is 1. The van der Waals surface area contributed by atoms with Crippen LogP contribution in [0.25, 0.3) is 22.3 Å². The van der Waals surface area contributed by atoms with Gasteiger partial charge in [0, 0.05) is 37.0 Å². The standard InChI is InChI=1S/C32H25F4N5O3/c1-40(2)23-15-14-21(28(17-23)44-19-29(42)38-27-13-6-4-11-25(27)33)18-37-41-30(20-8-7-9-22(16-20)32(34,35)36)39-26-12-5-3-10-24(26)31(41)43/h3-18H,19H2,1-2H3,(H,38,42). The molecular formula is C32H25F4N5O3. The van der Waals surface area contributed by atoms with Crippen molar-refractivity contribution in [3.63, 3.8) is 0 Å². The molecule has 0 unspecified atom stereocenters. The molecule has 5 aromatic rings. The van der Waals surface area contributed by atoms with Gasteiger partial charge in [0.25, 0.3) is 11.5 Å². The number of hydrogen-bond acceptors (Lipinski definition) is 6. The van der Waals surface area contributed by atoms with E-state index in [0.717, 1.165) is 22.5 Å². The van der Waals surface area contributed by atoms with E-state index in [1.807, 2.05) is 0 Å². The monoisotopic (exact) mass is 603 g/mol. The predicted octanol–water partition coefficient (Wildman–Crippen LogP) is 6.19. The Kier molecular flexibility index (Phi) is 8.43. The lowest BCUT2D eigenvalue weighted by Gasteiger charge is -2.16. The van der Waals surface area contributed by atoms with Gasteiger partial charge in [-0.2, -0.15) is 22.9 Å². The van der Waals surface area contributed by atoms with E-state index in [1.165, 1.54) is 36.5 Å². The van der Waals surface area contributed by atoms with E-state index >= 15 is 0 Å². The Morgan fingerprint density at radius 1 is 1.00 bits per heavy atom. The summed E-state index contributed by atoms with van der Waals surface area (Å²) < 4.78 is 61.2. The second-order valence-corrected chi connectivity index (χ2v) is 9.83. The maximum atomic E-state index is 14.0. The summed E-state index contributed by atoms with van der Waals surface area (Å²) in [6.45, 7) is -0.473. The van der Waals surface area contributed by atoms with Crippen molar-refractivity contribution in [3.8, 4) is 17.1 Å². The smallest absolute Gasteiger partial charge is 0.416 e. The summed E-state index contributed by atoms with van der Waals surface area (Å²) >= 11 is 0. The summed E-state index contributed by atoms with van der Waals surface area (Å²) in [4.78, 5) is 32.3. The summed E-state index contributed by atoms with van der Waals surface area (Å²) in [5, 5.41) is 6.98. The number of carbonyl (C=O) groups excluding carboxylic acids is 1. The highest BCUT2D eigenvalue weighted by Crippen LogP contribution is 2.32. The third kappa shape index (κ3) is 6.59. The first-order valence-electron chi connectivity index (χ1n) is 13.2. The van der Waals surface area contributed by atoms with Gasteiger partial charge in [0.05, 0.1) is 28.4 Å². The molecule has 0 fully saturated rings. The van der Waals surface area contributed by atoms with Gasteiger partial charge in [0.2, 0.25) is 0 Å². The van der Waals surface area contributed by atoms with Gasteiger partial charge in [0.15, 0.2) is 12.4 Å². The summed E-state index contributed by atoms with van der Waals surface area (Å²) in [6, 6.07) is 21.6. The zero-order valence-electron chi connectivity index (χ0n) is 23.5. The van der Waals surface area contributed by atoms with Crippen molar-refractivity contribution in [2.45, 2.75) is 6.18 Å². The molecule has 1 amide bonds. The third-order valence-corrected chi connectivity index (χ3v) is 6.53. The average molecular weight is 604 g/mol. The van der Waals surface area contributed by atoms with Gasteiger partial charge in [-0.3, -0.25) is 9.59 Å². The number of rotatable bonds is 8. The van der Waals surface area contributed by atoms with Gasteiger partial charge in [0.1, 0.15) is 11.6 Å². The van der Waals surface area contributed by atoms with Crippen molar-refractivity contribution in [2.24, 2.45) is 5.10 Å². The third-order valence-electron chi connectivity index (χ3n) is 6.53. The van der Waals surface area contributed by atoms with Crippen molar-refractivity contribution in [2.75, 3.05) is 30.9 Å². The summed E-state index contributed by atoms with van der Waals surface area (Å²) in [7, 11) is 3.61. The number of anilines is 2. The fourth-order valence-electron chi connectivity index (χ4n) is 4.30. The van der Waals surface area contributed by atoms with Gasteiger partial charge in [-0.1, -0.05) is 36.4 Å². The molecule has 0 atom stereocenters. The highest BCUT2D eigenvalue weighted by Gasteiger charge is 2.31. The van der Waals surface area contributed by atoms with E-state index in [9.17, 15) is 27.2 Å². The SMILES string of the molecule is CN(C)c1ccc(C=Nn2c(-c3cccc(C(F)(F)F)c3)nc3ccccc3c2=O)c(OCC(=O)Nc2ccccc2F)c1. The van der Waals surface area contributed by atoms with Gasteiger partial charge >= 0.3 is 6.18 Å². The van der Waals surface area contributed by atoms with E-state index in [-0.39, 0.29) is 33.7 Å². The van der Waals surface area contributed by atoms with Crippen molar-refractivity contribution in [3.05, 3.63) is 118 Å². The lowest BCUT2D eigenvalue weighted by molar-refractivity contribution is -0.137. The Bertz CT molecular complexity index is 1940. The first kappa shape index (κ1) is 30.0. The van der Waals surface area contributed by atoms with E-state index < -0.39 is 35.6 Å². The number of aromatic nitrogens is 2. The lowest BCUT2D eigenvalue weighted by Crippen LogP contribution is -2.22. The first-order valence-corrected chi connectivity index (χ1v) is 13.2. The zero-order valence-corrected chi connectivity index (χ0v) is 23.5. The molecule has 44 heavy (non-hydrogen) atoms. The van der Waals surface area contributed by atoms with Crippen molar-refractivity contribution in [1.29, 1.82) is 0 Å². The number of ether oxygens (including phenoxy) is 1.